The van der Waals surface area contributed by atoms with Gasteiger partial charge in [-0.25, -0.2) is 4.79 Å². The molecule has 0 bridgehead atoms. The number of nitrogens with zero attached hydrogens (tertiary/aromatic N) is 1. The minimum atomic E-state index is -0.417. The maximum Gasteiger partial charge on any atom is 0.344 e. The number of ether oxygens (including phenoxy) is 2. The van der Waals surface area contributed by atoms with Crippen LogP contribution in [-0.4, -0.2) is 43.3 Å². The summed E-state index contributed by atoms with van der Waals surface area (Å²) in [5.74, 6) is 0.908. The number of carbonyl (C=O) groups excluding carboxylic acids is 2. The van der Waals surface area contributed by atoms with E-state index < -0.39 is 5.97 Å². The van der Waals surface area contributed by atoms with E-state index in [4.69, 9.17) is 9.47 Å². The van der Waals surface area contributed by atoms with Crippen LogP contribution in [0.25, 0.3) is 0 Å². The zero-order valence-corrected chi connectivity index (χ0v) is 17.9. The quantitative estimate of drug-likeness (QED) is 0.363. The van der Waals surface area contributed by atoms with Gasteiger partial charge < -0.3 is 14.8 Å². The van der Waals surface area contributed by atoms with Crippen molar-refractivity contribution in [3.05, 3.63) is 18.2 Å². The fraction of sp³-hybridized carbons (Fsp3) is 0.636. The van der Waals surface area contributed by atoms with Gasteiger partial charge in [-0.2, -0.15) is 0 Å². The molecule has 0 aromatic heterocycles. The molecule has 3 atom stereocenters. The van der Waals surface area contributed by atoms with Crippen LogP contribution in [0.2, 0.25) is 0 Å². The summed E-state index contributed by atoms with van der Waals surface area (Å²) in [6.45, 7) is 5.62. The third kappa shape index (κ3) is 6.92. The van der Waals surface area contributed by atoms with Crippen molar-refractivity contribution < 1.29 is 24.3 Å². The minimum Gasteiger partial charge on any atom is -0.482 e. The SMILES string of the molecule is CCOC(=O)COc1ccc(N(C)O)c(NC2CCCC(C(C)C(C)=O)CC2)c1. The average Bonchev–Trinajstić information content (AvgIpc) is 2.91. The van der Waals surface area contributed by atoms with Gasteiger partial charge in [-0.05, 0) is 57.6 Å². The van der Waals surface area contributed by atoms with E-state index in [2.05, 4.69) is 5.32 Å². The lowest BCUT2D eigenvalue weighted by atomic mass is 9.85. The van der Waals surface area contributed by atoms with E-state index in [-0.39, 0.29) is 24.3 Å². The number of hydrogen-bond donors (Lipinski definition) is 2. The molecule has 29 heavy (non-hydrogen) atoms. The van der Waals surface area contributed by atoms with Gasteiger partial charge in [0.2, 0.25) is 0 Å². The summed E-state index contributed by atoms with van der Waals surface area (Å²) in [4.78, 5) is 23.3. The summed E-state index contributed by atoms with van der Waals surface area (Å²) >= 11 is 0. The first kappa shape index (κ1) is 23.0. The summed E-state index contributed by atoms with van der Waals surface area (Å²) in [6, 6.07) is 5.50. The van der Waals surface area contributed by atoms with Crippen LogP contribution in [0.4, 0.5) is 11.4 Å². The maximum atomic E-state index is 11.7. The molecule has 2 N–H and O–H groups in total. The lowest BCUT2D eigenvalue weighted by Gasteiger charge is -2.24. The Morgan fingerprint density at radius 1 is 1.28 bits per heavy atom. The van der Waals surface area contributed by atoms with Gasteiger partial charge in [-0.3, -0.25) is 15.1 Å². The molecule has 1 fully saturated rings. The molecular formula is C22H34N2O5. The molecule has 1 aliphatic carbocycles. The smallest absolute Gasteiger partial charge is 0.344 e. The van der Waals surface area contributed by atoms with Gasteiger partial charge in [0, 0.05) is 25.1 Å². The fourth-order valence-electron chi connectivity index (χ4n) is 3.87. The van der Waals surface area contributed by atoms with Crippen LogP contribution in [0, 0.1) is 11.8 Å². The molecular weight excluding hydrogens is 372 g/mol. The first-order valence-electron chi connectivity index (χ1n) is 10.4. The highest BCUT2D eigenvalue weighted by molar-refractivity contribution is 5.78. The fourth-order valence-corrected chi connectivity index (χ4v) is 3.87. The highest BCUT2D eigenvalue weighted by Crippen LogP contribution is 2.34. The number of hydrogen-bond acceptors (Lipinski definition) is 7. The molecule has 7 nitrogen and oxygen atoms in total. The van der Waals surface area contributed by atoms with Gasteiger partial charge in [0.15, 0.2) is 6.61 Å². The Kier molecular flexibility index (Phi) is 8.76. The molecule has 0 amide bonds. The van der Waals surface area contributed by atoms with E-state index in [1.807, 2.05) is 6.92 Å². The molecule has 1 saturated carbocycles. The average molecular weight is 407 g/mol. The Bertz CT molecular complexity index is 692. The van der Waals surface area contributed by atoms with Crippen molar-refractivity contribution in [2.45, 2.75) is 58.9 Å². The van der Waals surface area contributed by atoms with E-state index in [0.29, 0.717) is 24.0 Å². The van der Waals surface area contributed by atoms with E-state index in [1.165, 1.54) is 0 Å². The number of benzene rings is 1. The predicted molar refractivity (Wildman–Crippen MR) is 113 cm³/mol. The van der Waals surface area contributed by atoms with Crippen molar-refractivity contribution in [1.29, 1.82) is 0 Å². The lowest BCUT2D eigenvalue weighted by Crippen LogP contribution is -2.22. The highest BCUT2D eigenvalue weighted by atomic mass is 16.6. The van der Waals surface area contributed by atoms with Gasteiger partial charge in [-0.1, -0.05) is 13.3 Å². The van der Waals surface area contributed by atoms with E-state index >= 15 is 0 Å². The minimum absolute atomic E-state index is 0.104. The summed E-state index contributed by atoms with van der Waals surface area (Å²) in [5, 5.41) is 14.6. The van der Waals surface area contributed by atoms with Gasteiger partial charge in [0.25, 0.3) is 0 Å². The third-order valence-electron chi connectivity index (χ3n) is 5.70. The van der Waals surface area contributed by atoms with Gasteiger partial charge in [-0.15, -0.1) is 0 Å². The molecule has 1 aliphatic rings. The van der Waals surface area contributed by atoms with Gasteiger partial charge >= 0.3 is 5.97 Å². The summed E-state index contributed by atoms with van der Waals surface area (Å²) in [6.07, 6.45) is 5.09. The van der Waals surface area contributed by atoms with Gasteiger partial charge in [0.1, 0.15) is 11.5 Å². The number of anilines is 2. The topological polar surface area (TPSA) is 88.1 Å². The zero-order chi connectivity index (χ0) is 21.4. The van der Waals surface area contributed by atoms with Crippen LogP contribution in [0.15, 0.2) is 18.2 Å². The Hall–Kier alpha value is -2.28. The Balaban J connectivity index is 2.06. The molecule has 0 radical (unpaired) electrons. The van der Waals surface area contributed by atoms with E-state index in [0.717, 1.165) is 42.9 Å². The summed E-state index contributed by atoms with van der Waals surface area (Å²) < 4.78 is 10.4. The number of esters is 1. The molecule has 7 heteroatoms. The number of ketones is 1. The Labute approximate surface area is 173 Å². The van der Waals surface area contributed by atoms with Crippen LogP contribution in [0.5, 0.6) is 5.75 Å². The second-order valence-corrected chi connectivity index (χ2v) is 7.81. The van der Waals surface area contributed by atoms with Crippen LogP contribution in [0.3, 0.4) is 0 Å². The Morgan fingerprint density at radius 2 is 2.03 bits per heavy atom. The predicted octanol–water partition coefficient (Wildman–Crippen LogP) is 4.04. The van der Waals surface area contributed by atoms with Crippen molar-refractivity contribution >= 4 is 23.1 Å². The molecule has 0 spiro atoms. The standard InChI is InChI=1S/C22H34N2O5/c1-5-28-22(26)14-29-19-11-12-21(24(4)27)20(13-19)23-18-8-6-7-17(9-10-18)15(2)16(3)25/h11-13,15,17-18,23,27H,5-10,14H2,1-4H3. The molecule has 0 saturated heterocycles. The van der Waals surface area contributed by atoms with Crippen LogP contribution in [-0.2, 0) is 14.3 Å². The van der Waals surface area contributed by atoms with Crippen molar-refractivity contribution in [1.82, 2.24) is 0 Å². The monoisotopic (exact) mass is 406 g/mol. The van der Waals surface area contributed by atoms with E-state index in [9.17, 15) is 14.8 Å². The van der Waals surface area contributed by atoms with E-state index in [1.54, 1.807) is 39.1 Å². The molecule has 0 aliphatic heterocycles. The summed E-state index contributed by atoms with van der Waals surface area (Å²) in [7, 11) is 1.57. The van der Waals surface area contributed by atoms with Gasteiger partial charge in [0.05, 0.1) is 18.0 Å². The maximum absolute atomic E-state index is 11.7. The molecule has 0 heterocycles. The first-order chi connectivity index (χ1) is 13.8. The number of nitrogens with one attached hydrogen (secondary N) is 1. The van der Waals surface area contributed by atoms with Crippen LogP contribution in [0.1, 0.15) is 52.9 Å². The molecule has 1 aromatic rings. The number of hydroxylamine groups is 1. The molecule has 162 valence electrons. The van der Waals surface area contributed by atoms with Crippen molar-refractivity contribution in [2.75, 3.05) is 30.6 Å². The Morgan fingerprint density at radius 3 is 2.69 bits per heavy atom. The normalized spacial score (nSPS) is 20.3. The van der Waals surface area contributed by atoms with Crippen molar-refractivity contribution in [2.24, 2.45) is 11.8 Å². The van der Waals surface area contributed by atoms with Crippen LogP contribution >= 0.6 is 0 Å². The molecule has 2 rings (SSSR count). The summed E-state index contributed by atoms with van der Waals surface area (Å²) in [5.41, 5.74) is 1.38. The highest BCUT2D eigenvalue weighted by Gasteiger charge is 2.26. The first-order valence-corrected chi connectivity index (χ1v) is 10.4. The zero-order valence-electron chi connectivity index (χ0n) is 17.9. The largest absolute Gasteiger partial charge is 0.482 e. The van der Waals surface area contributed by atoms with Crippen molar-refractivity contribution in [3.8, 4) is 5.75 Å². The second-order valence-electron chi connectivity index (χ2n) is 7.81. The van der Waals surface area contributed by atoms with Crippen molar-refractivity contribution in [3.63, 3.8) is 0 Å². The number of rotatable bonds is 9. The number of Topliss-reactive ketones (excluding diaryl/α,β-unsaturated/α-hetero) is 1. The lowest BCUT2D eigenvalue weighted by molar-refractivity contribution is -0.145. The number of carbonyl (C=O) groups is 2. The van der Waals surface area contributed by atoms with Crippen LogP contribution < -0.4 is 15.1 Å². The molecule has 3 unspecified atom stereocenters. The third-order valence-corrected chi connectivity index (χ3v) is 5.70. The second kappa shape index (κ2) is 11.0. The molecule has 1 aromatic carbocycles.